The van der Waals surface area contributed by atoms with Gasteiger partial charge < -0.3 is 15.2 Å². The number of aryl methyl sites for hydroxylation is 2. The lowest BCUT2D eigenvalue weighted by molar-refractivity contribution is -0.121. The zero-order valence-electron chi connectivity index (χ0n) is 12.5. The fourth-order valence-electron chi connectivity index (χ4n) is 2.50. The molecule has 1 fully saturated rings. The van der Waals surface area contributed by atoms with E-state index in [1.54, 1.807) is 0 Å². The van der Waals surface area contributed by atoms with Gasteiger partial charge in [-0.1, -0.05) is 0 Å². The van der Waals surface area contributed by atoms with Gasteiger partial charge in [0.1, 0.15) is 5.82 Å². The summed E-state index contributed by atoms with van der Waals surface area (Å²) in [6.07, 6.45) is 8.86. The lowest BCUT2D eigenvalue weighted by Crippen LogP contribution is -2.32. The average Bonchev–Trinajstić information content (AvgIpc) is 3.01. The van der Waals surface area contributed by atoms with E-state index in [2.05, 4.69) is 20.2 Å². The number of halogens is 2. The summed E-state index contributed by atoms with van der Waals surface area (Å²) in [7, 11) is 0. The van der Waals surface area contributed by atoms with E-state index in [1.165, 1.54) is 6.42 Å². The van der Waals surface area contributed by atoms with E-state index in [0.29, 0.717) is 12.5 Å². The number of hydrogen-bond donors (Lipinski definition) is 2. The van der Waals surface area contributed by atoms with Crippen molar-refractivity contribution >= 4 is 30.7 Å². The molecule has 1 saturated heterocycles. The summed E-state index contributed by atoms with van der Waals surface area (Å²) in [6.45, 7) is 4.82. The van der Waals surface area contributed by atoms with Crippen molar-refractivity contribution in [1.82, 2.24) is 20.2 Å². The minimum atomic E-state index is 0. The average molecular weight is 337 g/mol. The first-order valence-electron chi connectivity index (χ1n) is 7.23. The van der Waals surface area contributed by atoms with Gasteiger partial charge in [-0.2, -0.15) is 0 Å². The Hall–Kier alpha value is -0.780. The van der Waals surface area contributed by atoms with Crippen molar-refractivity contribution in [1.29, 1.82) is 0 Å². The van der Waals surface area contributed by atoms with Crippen LogP contribution in [0.1, 0.15) is 37.9 Å². The lowest BCUT2D eigenvalue weighted by Gasteiger charge is -2.10. The van der Waals surface area contributed by atoms with Crippen molar-refractivity contribution in [2.45, 2.75) is 51.6 Å². The molecule has 0 spiro atoms. The first-order valence-corrected chi connectivity index (χ1v) is 7.23. The normalized spacial score (nSPS) is 16.9. The molecule has 0 bridgehead atoms. The van der Waals surface area contributed by atoms with Crippen molar-refractivity contribution in [3.05, 3.63) is 18.2 Å². The molecule has 1 aliphatic heterocycles. The van der Waals surface area contributed by atoms with Crippen molar-refractivity contribution in [2.75, 3.05) is 13.1 Å². The van der Waals surface area contributed by atoms with Crippen LogP contribution < -0.4 is 10.6 Å². The highest BCUT2D eigenvalue weighted by atomic mass is 35.5. The smallest absolute Gasteiger partial charge is 0.221 e. The lowest BCUT2D eigenvalue weighted by atomic mass is 10.1. The fourth-order valence-corrected chi connectivity index (χ4v) is 2.50. The molecule has 0 aliphatic carbocycles. The second kappa shape index (κ2) is 10.9. The highest BCUT2D eigenvalue weighted by Crippen LogP contribution is 2.08. The first-order chi connectivity index (χ1) is 9.25. The molecule has 0 radical (unpaired) electrons. The molecule has 1 aromatic heterocycles. The molecule has 1 amide bonds. The predicted molar refractivity (Wildman–Crippen MR) is 89.3 cm³/mol. The summed E-state index contributed by atoms with van der Waals surface area (Å²) in [5.41, 5.74) is 0. The van der Waals surface area contributed by atoms with Crippen molar-refractivity contribution < 1.29 is 4.79 Å². The van der Waals surface area contributed by atoms with Gasteiger partial charge in [0.2, 0.25) is 5.91 Å². The molecule has 7 heteroatoms. The van der Waals surface area contributed by atoms with Crippen LogP contribution in [0.4, 0.5) is 0 Å². The topological polar surface area (TPSA) is 59.0 Å². The maximum Gasteiger partial charge on any atom is 0.221 e. The fraction of sp³-hybridized carbons (Fsp3) is 0.714. The van der Waals surface area contributed by atoms with Gasteiger partial charge in [0, 0.05) is 37.9 Å². The summed E-state index contributed by atoms with van der Waals surface area (Å²) in [5, 5.41) is 6.34. The molecule has 0 saturated carbocycles. The Morgan fingerprint density at radius 2 is 2.29 bits per heavy atom. The summed E-state index contributed by atoms with van der Waals surface area (Å²) < 4.78 is 2.14. The second-order valence-electron chi connectivity index (χ2n) is 5.22. The number of carbonyl (C=O) groups excluding carboxylic acids is 1. The SMILES string of the molecule is Cc1nccn1CCCCNC(=O)CC1CCCN1.Cl.Cl. The largest absolute Gasteiger partial charge is 0.356 e. The third-order valence-electron chi connectivity index (χ3n) is 3.67. The molecule has 1 unspecified atom stereocenters. The predicted octanol–water partition coefficient (Wildman–Crippen LogP) is 2.07. The highest BCUT2D eigenvalue weighted by Gasteiger charge is 2.16. The molecule has 5 nitrogen and oxygen atoms in total. The minimum absolute atomic E-state index is 0. The third-order valence-corrected chi connectivity index (χ3v) is 3.67. The van der Waals surface area contributed by atoms with Crippen LogP contribution in [0.2, 0.25) is 0 Å². The van der Waals surface area contributed by atoms with E-state index in [0.717, 1.165) is 44.7 Å². The Bertz CT molecular complexity index is 405. The number of aromatic nitrogens is 2. The maximum absolute atomic E-state index is 11.7. The van der Waals surface area contributed by atoms with E-state index in [4.69, 9.17) is 0 Å². The number of amides is 1. The summed E-state index contributed by atoms with van der Waals surface area (Å²) >= 11 is 0. The van der Waals surface area contributed by atoms with Gasteiger partial charge in [-0.25, -0.2) is 4.98 Å². The molecular formula is C14H26Cl2N4O. The zero-order chi connectivity index (χ0) is 13.5. The van der Waals surface area contributed by atoms with Gasteiger partial charge in [0.05, 0.1) is 0 Å². The Balaban J connectivity index is 0.00000200. The van der Waals surface area contributed by atoms with Gasteiger partial charge in [-0.3, -0.25) is 4.79 Å². The summed E-state index contributed by atoms with van der Waals surface area (Å²) in [5.74, 6) is 1.23. The number of imidazole rings is 1. The third kappa shape index (κ3) is 7.16. The molecule has 122 valence electrons. The molecule has 2 heterocycles. The monoisotopic (exact) mass is 336 g/mol. The van der Waals surface area contributed by atoms with E-state index in [1.807, 2.05) is 19.3 Å². The second-order valence-corrected chi connectivity index (χ2v) is 5.22. The highest BCUT2D eigenvalue weighted by molar-refractivity contribution is 5.85. The van der Waals surface area contributed by atoms with Gasteiger partial charge in [0.25, 0.3) is 0 Å². The van der Waals surface area contributed by atoms with E-state index in [9.17, 15) is 4.79 Å². The molecule has 1 atom stereocenters. The number of carbonyl (C=O) groups is 1. The van der Waals surface area contributed by atoms with Crippen LogP contribution in [0, 0.1) is 6.92 Å². The van der Waals surface area contributed by atoms with E-state index in [-0.39, 0.29) is 30.7 Å². The first kappa shape index (κ1) is 20.2. The molecule has 1 aliphatic rings. The van der Waals surface area contributed by atoms with Crippen LogP contribution in [0.3, 0.4) is 0 Å². The molecule has 1 aromatic rings. The Morgan fingerprint density at radius 3 is 2.90 bits per heavy atom. The van der Waals surface area contributed by atoms with Crippen molar-refractivity contribution in [3.63, 3.8) is 0 Å². The molecule has 0 aromatic carbocycles. The van der Waals surface area contributed by atoms with Crippen LogP contribution in [-0.4, -0.2) is 34.6 Å². The van der Waals surface area contributed by atoms with Gasteiger partial charge in [-0.15, -0.1) is 24.8 Å². The number of nitrogens with one attached hydrogen (secondary N) is 2. The van der Waals surface area contributed by atoms with Crippen LogP contribution in [0.5, 0.6) is 0 Å². The molecular weight excluding hydrogens is 311 g/mol. The van der Waals surface area contributed by atoms with E-state index < -0.39 is 0 Å². The number of nitrogens with zero attached hydrogens (tertiary/aromatic N) is 2. The van der Waals surface area contributed by atoms with Crippen LogP contribution in [0.25, 0.3) is 0 Å². The number of rotatable bonds is 7. The molecule has 2 N–H and O–H groups in total. The Labute approximate surface area is 139 Å². The minimum Gasteiger partial charge on any atom is -0.356 e. The Morgan fingerprint density at radius 1 is 1.48 bits per heavy atom. The molecule has 21 heavy (non-hydrogen) atoms. The summed E-state index contributed by atoms with van der Waals surface area (Å²) in [4.78, 5) is 15.9. The van der Waals surface area contributed by atoms with E-state index >= 15 is 0 Å². The standard InChI is InChI=1S/C14H24N4O.2ClH/c1-12-15-8-10-18(12)9-3-2-6-17-14(19)11-13-5-4-7-16-13;;/h8,10,13,16H,2-7,9,11H2,1H3,(H,17,19);2*1H. The summed E-state index contributed by atoms with van der Waals surface area (Å²) in [6, 6.07) is 0.397. The van der Waals surface area contributed by atoms with Gasteiger partial charge in [0.15, 0.2) is 0 Å². The molecule has 2 rings (SSSR count). The number of unbranched alkanes of at least 4 members (excludes halogenated alkanes) is 1. The van der Waals surface area contributed by atoms with Crippen molar-refractivity contribution in [2.24, 2.45) is 0 Å². The van der Waals surface area contributed by atoms with Gasteiger partial charge >= 0.3 is 0 Å². The van der Waals surface area contributed by atoms with Crippen molar-refractivity contribution in [3.8, 4) is 0 Å². The van der Waals surface area contributed by atoms with Crippen LogP contribution in [0.15, 0.2) is 12.4 Å². The van der Waals surface area contributed by atoms with Crippen LogP contribution in [-0.2, 0) is 11.3 Å². The zero-order valence-corrected chi connectivity index (χ0v) is 14.1. The Kier molecular flexibility index (Phi) is 10.5. The quantitative estimate of drug-likeness (QED) is 0.749. The van der Waals surface area contributed by atoms with Crippen LogP contribution >= 0.6 is 24.8 Å². The van der Waals surface area contributed by atoms with Gasteiger partial charge in [-0.05, 0) is 39.2 Å². The maximum atomic E-state index is 11.7. The number of hydrogen-bond acceptors (Lipinski definition) is 3.